The number of amides is 1. The van der Waals surface area contributed by atoms with Gasteiger partial charge in [-0.15, -0.1) is 0 Å². The van der Waals surface area contributed by atoms with Crippen LogP contribution >= 0.6 is 0 Å². The second kappa shape index (κ2) is 7.58. The second-order valence-electron chi connectivity index (χ2n) is 7.25. The van der Waals surface area contributed by atoms with Crippen molar-refractivity contribution in [3.05, 3.63) is 36.0 Å². The number of likely N-dealkylation sites (tertiary alicyclic amines) is 1. The van der Waals surface area contributed by atoms with Crippen LogP contribution in [0.5, 0.6) is 0 Å². The number of nitrogens with one attached hydrogen (secondary N) is 1. The van der Waals surface area contributed by atoms with E-state index < -0.39 is 0 Å². The number of carbonyl (C=O) groups excluding carboxylic acids is 1. The summed E-state index contributed by atoms with van der Waals surface area (Å²) in [6.45, 7) is 4.79. The number of rotatable bonds is 6. The lowest BCUT2D eigenvalue weighted by atomic mass is 10.1. The number of aromatic nitrogens is 1. The summed E-state index contributed by atoms with van der Waals surface area (Å²) in [5, 5.41) is 1.24. The van der Waals surface area contributed by atoms with Gasteiger partial charge in [0.05, 0.1) is 12.6 Å². The van der Waals surface area contributed by atoms with Crippen molar-refractivity contribution in [1.29, 1.82) is 0 Å². The molecule has 1 N–H and O–H groups in total. The van der Waals surface area contributed by atoms with E-state index in [-0.39, 0.29) is 12.0 Å². The van der Waals surface area contributed by atoms with Crippen molar-refractivity contribution in [2.75, 3.05) is 32.8 Å². The number of ether oxygens (including phenoxy) is 1. The van der Waals surface area contributed by atoms with E-state index >= 15 is 0 Å². The first kappa shape index (κ1) is 16.6. The molecule has 0 aliphatic carbocycles. The summed E-state index contributed by atoms with van der Waals surface area (Å²) in [4.78, 5) is 20.2. The fourth-order valence-corrected chi connectivity index (χ4v) is 4.05. The van der Waals surface area contributed by atoms with Gasteiger partial charge >= 0.3 is 0 Å². The van der Waals surface area contributed by atoms with E-state index in [4.69, 9.17) is 4.74 Å². The van der Waals surface area contributed by atoms with Gasteiger partial charge in [0.25, 0.3) is 0 Å². The molecule has 1 aromatic heterocycles. The van der Waals surface area contributed by atoms with Gasteiger partial charge in [0.1, 0.15) is 0 Å². The molecule has 4 rings (SSSR count). The molecular formula is C20H27N3O2. The highest BCUT2D eigenvalue weighted by Crippen LogP contribution is 2.21. The summed E-state index contributed by atoms with van der Waals surface area (Å²) in [7, 11) is 0. The van der Waals surface area contributed by atoms with Gasteiger partial charge in [0, 0.05) is 49.9 Å². The van der Waals surface area contributed by atoms with E-state index in [2.05, 4.69) is 34.1 Å². The number of carbonyl (C=O) groups is 1. The number of benzene rings is 1. The molecule has 0 saturated carbocycles. The SMILES string of the molecule is O=C(CN(Cc1cccc2[nH]ccc12)C[C@H]1CCCO1)N1CCCC1. The number of fused-ring (bicyclic) bond motifs is 1. The average molecular weight is 341 g/mol. The van der Waals surface area contributed by atoms with Gasteiger partial charge in [-0.05, 0) is 43.4 Å². The Hall–Kier alpha value is -1.85. The first-order valence-electron chi connectivity index (χ1n) is 9.46. The zero-order valence-electron chi connectivity index (χ0n) is 14.7. The summed E-state index contributed by atoms with van der Waals surface area (Å²) in [6, 6.07) is 8.47. The first-order chi connectivity index (χ1) is 12.3. The Labute approximate surface area is 148 Å². The summed E-state index contributed by atoms with van der Waals surface area (Å²) >= 11 is 0. The van der Waals surface area contributed by atoms with Gasteiger partial charge in [-0.25, -0.2) is 0 Å². The molecule has 1 atom stereocenters. The predicted molar refractivity (Wildman–Crippen MR) is 98.4 cm³/mol. The molecule has 2 aliphatic rings. The Morgan fingerprint density at radius 2 is 2.12 bits per heavy atom. The molecule has 2 saturated heterocycles. The van der Waals surface area contributed by atoms with Crippen LogP contribution in [0.3, 0.4) is 0 Å². The summed E-state index contributed by atoms with van der Waals surface area (Å²) in [5.41, 5.74) is 2.42. The highest BCUT2D eigenvalue weighted by Gasteiger charge is 2.24. The third-order valence-electron chi connectivity index (χ3n) is 5.38. The quantitative estimate of drug-likeness (QED) is 0.879. The molecule has 2 fully saturated rings. The van der Waals surface area contributed by atoms with E-state index in [0.29, 0.717) is 6.54 Å². The van der Waals surface area contributed by atoms with Crippen molar-refractivity contribution in [3.63, 3.8) is 0 Å². The van der Waals surface area contributed by atoms with Crippen molar-refractivity contribution in [1.82, 2.24) is 14.8 Å². The molecule has 3 heterocycles. The zero-order valence-corrected chi connectivity index (χ0v) is 14.7. The van der Waals surface area contributed by atoms with Gasteiger partial charge in [-0.1, -0.05) is 12.1 Å². The van der Waals surface area contributed by atoms with Crippen LogP contribution in [0, 0.1) is 0 Å². The molecule has 5 heteroatoms. The molecule has 2 aliphatic heterocycles. The maximum absolute atomic E-state index is 12.7. The molecule has 0 radical (unpaired) electrons. The van der Waals surface area contributed by atoms with Crippen molar-refractivity contribution in [2.45, 2.75) is 38.3 Å². The Morgan fingerprint density at radius 1 is 1.24 bits per heavy atom. The Kier molecular flexibility index (Phi) is 5.04. The second-order valence-corrected chi connectivity index (χ2v) is 7.25. The Bertz CT molecular complexity index is 715. The van der Waals surface area contributed by atoms with Gasteiger partial charge in [-0.3, -0.25) is 9.69 Å². The largest absolute Gasteiger partial charge is 0.377 e. The number of hydrogen-bond donors (Lipinski definition) is 1. The standard InChI is InChI=1S/C20H27N3O2/c24-20(23-10-1-2-11-23)15-22(14-17-6-4-12-25-17)13-16-5-3-7-19-18(16)8-9-21-19/h3,5,7-9,17,21H,1-2,4,6,10-15H2/t17-/m1/s1. The van der Waals surface area contributed by atoms with Gasteiger partial charge < -0.3 is 14.6 Å². The highest BCUT2D eigenvalue weighted by molar-refractivity contribution is 5.83. The monoisotopic (exact) mass is 341 g/mol. The van der Waals surface area contributed by atoms with Crippen LogP contribution in [0.4, 0.5) is 0 Å². The zero-order chi connectivity index (χ0) is 17.1. The fraction of sp³-hybridized carbons (Fsp3) is 0.550. The lowest BCUT2D eigenvalue weighted by Gasteiger charge is -2.27. The molecular weight excluding hydrogens is 314 g/mol. The summed E-state index contributed by atoms with van der Waals surface area (Å²) < 4.78 is 5.83. The van der Waals surface area contributed by atoms with E-state index in [1.54, 1.807) is 0 Å². The molecule has 0 spiro atoms. The van der Waals surface area contributed by atoms with Crippen LogP contribution in [0.15, 0.2) is 30.5 Å². The number of nitrogens with zero attached hydrogens (tertiary/aromatic N) is 2. The first-order valence-corrected chi connectivity index (χ1v) is 9.46. The van der Waals surface area contributed by atoms with Crippen LogP contribution in [0.25, 0.3) is 10.9 Å². The van der Waals surface area contributed by atoms with E-state index in [9.17, 15) is 4.79 Å². The fourth-order valence-electron chi connectivity index (χ4n) is 4.05. The van der Waals surface area contributed by atoms with Crippen LogP contribution < -0.4 is 0 Å². The minimum atomic E-state index is 0.261. The third kappa shape index (κ3) is 3.88. The normalized spacial score (nSPS) is 20.8. The van der Waals surface area contributed by atoms with Crippen molar-refractivity contribution < 1.29 is 9.53 Å². The maximum atomic E-state index is 12.7. The smallest absolute Gasteiger partial charge is 0.236 e. The van der Waals surface area contributed by atoms with E-state index in [1.165, 1.54) is 10.9 Å². The number of H-pyrrole nitrogens is 1. The van der Waals surface area contributed by atoms with E-state index in [0.717, 1.165) is 64.0 Å². The Balaban J connectivity index is 1.49. The molecule has 0 bridgehead atoms. The summed E-state index contributed by atoms with van der Waals surface area (Å²) in [6.07, 6.45) is 6.75. The minimum Gasteiger partial charge on any atom is -0.377 e. The van der Waals surface area contributed by atoms with Gasteiger partial charge in [-0.2, -0.15) is 0 Å². The van der Waals surface area contributed by atoms with Crippen LogP contribution in [0.2, 0.25) is 0 Å². The van der Waals surface area contributed by atoms with Gasteiger partial charge in [0.15, 0.2) is 0 Å². The number of hydrogen-bond acceptors (Lipinski definition) is 3. The Morgan fingerprint density at radius 3 is 2.92 bits per heavy atom. The maximum Gasteiger partial charge on any atom is 0.236 e. The molecule has 5 nitrogen and oxygen atoms in total. The molecule has 134 valence electrons. The number of aromatic amines is 1. The summed E-state index contributed by atoms with van der Waals surface area (Å²) in [5.74, 6) is 0.261. The van der Waals surface area contributed by atoms with Crippen molar-refractivity contribution >= 4 is 16.8 Å². The highest BCUT2D eigenvalue weighted by atomic mass is 16.5. The molecule has 1 amide bonds. The molecule has 0 unspecified atom stereocenters. The van der Waals surface area contributed by atoms with Gasteiger partial charge in [0.2, 0.25) is 5.91 Å². The van der Waals surface area contributed by atoms with E-state index in [1.807, 2.05) is 11.1 Å². The van der Waals surface area contributed by atoms with Crippen LogP contribution in [0.1, 0.15) is 31.2 Å². The lowest BCUT2D eigenvalue weighted by Crippen LogP contribution is -2.41. The molecule has 1 aromatic carbocycles. The molecule has 2 aromatic rings. The lowest BCUT2D eigenvalue weighted by molar-refractivity contribution is -0.131. The van der Waals surface area contributed by atoms with Crippen LogP contribution in [-0.2, 0) is 16.1 Å². The van der Waals surface area contributed by atoms with Crippen molar-refractivity contribution in [2.24, 2.45) is 0 Å². The topological polar surface area (TPSA) is 48.6 Å². The minimum absolute atomic E-state index is 0.261. The van der Waals surface area contributed by atoms with Crippen LogP contribution in [-0.4, -0.2) is 59.6 Å². The predicted octanol–water partition coefficient (Wildman–Crippen LogP) is 2.77. The third-order valence-corrected chi connectivity index (χ3v) is 5.38. The average Bonchev–Trinajstić information content (AvgIpc) is 3.37. The van der Waals surface area contributed by atoms with Crippen molar-refractivity contribution in [3.8, 4) is 0 Å². The molecule has 25 heavy (non-hydrogen) atoms.